The number of carbonyl (C=O) groups excluding carboxylic acids is 1. The highest BCUT2D eigenvalue weighted by atomic mass is 16.5. The summed E-state index contributed by atoms with van der Waals surface area (Å²) in [5.41, 5.74) is 1.94. The molecule has 1 fully saturated rings. The van der Waals surface area contributed by atoms with Crippen molar-refractivity contribution in [3.63, 3.8) is 0 Å². The number of likely N-dealkylation sites (tertiary alicyclic amines) is 1. The summed E-state index contributed by atoms with van der Waals surface area (Å²) in [6.07, 6.45) is 2.68. The molecule has 3 rings (SSSR count). The van der Waals surface area contributed by atoms with E-state index in [2.05, 4.69) is 15.5 Å². The van der Waals surface area contributed by atoms with Crippen LogP contribution >= 0.6 is 0 Å². The SMILES string of the molecule is O=C1COc2ccc(CNCCN3CCCC3)cc2N1. The molecule has 0 spiro atoms. The zero-order valence-electron chi connectivity index (χ0n) is 11.7. The van der Waals surface area contributed by atoms with E-state index in [9.17, 15) is 4.79 Å². The maximum Gasteiger partial charge on any atom is 0.262 e. The maximum atomic E-state index is 11.3. The summed E-state index contributed by atoms with van der Waals surface area (Å²) in [6.45, 7) is 5.52. The van der Waals surface area contributed by atoms with Crippen LogP contribution in [0, 0.1) is 0 Å². The largest absolute Gasteiger partial charge is 0.482 e. The Labute approximate surface area is 119 Å². The zero-order chi connectivity index (χ0) is 13.8. The van der Waals surface area contributed by atoms with Crippen LogP contribution in [0.1, 0.15) is 18.4 Å². The monoisotopic (exact) mass is 275 g/mol. The number of nitrogens with zero attached hydrogens (tertiary/aromatic N) is 1. The molecule has 0 unspecified atom stereocenters. The number of amides is 1. The van der Waals surface area contributed by atoms with Crippen LogP contribution < -0.4 is 15.4 Å². The van der Waals surface area contributed by atoms with E-state index in [-0.39, 0.29) is 12.5 Å². The predicted molar refractivity (Wildman–Crippen MR) is 77.9 cm³/mol. The Kier molecular flexibility index (Phi) is 4.18. The van der Waals surface area contributed by atoms with Crippen molar-refractivity contribution in [1.29, 1.82) is 0 Å². The summed E-state index contributed by atoms with van der Waals surface area (Å²) >= 11 is 0. The molecule has 108 valence electrons. The van der Waals surface area contributed by atoms with Crippen molar-refractivity contribution in [3.8, 4) is 5.75 Å². The molecule has 5 nitrogen and oxygen atoms in total. The van der Waals surface area contributed by atoms with E-state index in [1.54, 1.807) is 0 Å². The van der Waals surface area contributed by atoms with Gasteiger partial charge in [0.05, 0.1) is 5.69 Å². The Bertz CT molecular complexity index is 484. The van der Waals surface area contributed by atoms with Crippen LogP contribution in [0.3, 0.4) is 0 Å². The van der Waals surface area contributed by atoms with E-state index < -0.39 is 0 Å². The molecule has 20 heavy (non-hydrogen) atoms. The van der Waals surface area contributed by atoms with E-state index in [4.69, 9.17) is 4.74 Å². The lowest BCUT2D eigenvalue weighted by Gasteiger charge is -2.19. The van der Waals surface area contributed by atoms with Crippen LogP contribution in [-0.4, -0.2) is 43.6 Å². The third-order valence-corrected chi connectivity index (χ3v) is 3.81. The van der Waals surface area contributed by atoms with E-state index >= 15 is 0 Å². The molecule has 0 bridgehead atoms. The molecule has 2 heterocycles. The van der Waals surface area contributed by atoms with Gasteiger partial charge in [0.15, 0.2) is 6.61 Å². The van der Waals surface area contributed by atoms with Gasteiger partial charge in [-0.25, -0.2) is 0 Å². The number of anilines is 1. The lowest BCUT2D eigenvalue weighted by Crippen LogP contribution is -2.29. The Morgan fingerprint density at radius 1 is 1.30 bits per heavy atom. The van der Waals surface area contributed by atoms with Gasteiger partial charge in [0.25, 0.3) is 5.91 Å². The van der Waals surface area contributed by atoms with Crippen molar-refractivity contribution in [2.75, 3.05) is 38.1 Å². The molecule has 2 N–H and O–H groups in total. The van der Waals surface area contributed by atoms with E-state index in [1.807, 2.05) is 18.2 Å². The lowest BCUT2D eigenvalue weighted by atomic mass is 10.1. The van der Waals surface area contributed by atoms with Crippen LogP contribution in [-0.2, 0) is 11.3 Å². The van der Waals surface area contributed by atoms with Crippen molar-refractivity contribution < 1.29 is 9.53 Å². The Hall–Kier alpha value is -1.59. The minimum absolute atomic E-state index is 0.0864. The van der Waals surface area contributed by atoms with E-state index in [1.165, 1.54) is 25.9 Å². The zero-order valence-corrected chi connectivity index (χ0v) is 11.7. The van der Waals surface area contributed by atoms with Gasteiger partial charge in [0.2, 0.25) is 0 Å². The fraction of sp³-hybridized carbons (Fsp3) is 0.533. The van der Waals surface area contributed by atoms with Crippen molar-refractivity contribution in [1.82, 2.24) is 10.2 Å². The number of fused-ring (bicyclic) bond motifs is 1. The molecule has 0 saturated carbocycles. The number of rotatable bonds is 5. The maximum absolute atomic E-state index is 11.3. The van der Waals surface area contributed by atoms with Gasteiger partial charge in [-0.3, -0.25) is 4.79 Å². The molecule has 1 saturated heterocycles. The first kappa shape index (κ1) is 13.4. The van der Waals surface area contributed by atoms with Gasteiger partial charge in [0.1, 0.15) is 5.75 Å². The second-order valence-corrected chi connectivity index (χ2v) is 5.39. The number of ether oxygens (including phenoxy) is 1. The van der Waals surface area contributed by atoms with Crippen molar-refractivity contribution >= 4 is 11.6 Å². The quantitative estimate of drug-likeness (QED) is 0.793. The minimum Gasteiger partial charge on any atom is -0.482 e. The summed E-state index contributed by atoms with van der Waals surface area (Å²) < 4.78 is 5.34. The van der Waals surface area contributed by atoms with Gasteiger partial charge in [0, 0.05) is 19.6 Å². The van der Waals surface area contributed by atoms with Gasteiger partial charge in [-0.05, 0) is 43.6 Å². The molecule has 2 aliphatic heterocycles. The third kappa shape index (κ3) is 3.29. The molecular weight excluding hydrogens is 254 g/mol. The van der Waals surface area contributed by atoms with Crippen LogP contribution in [0.4, 0.5) is 5.69 Å². The van der Waals surface area contributed by atoms with Crippen LogP contribution in [0.2, 0.25) is 0 Å². The van der Waals surface area contributed by atoms with Gasteiger partial charge in [-0.1, -0.05) is 6.07 Å². The highest BCUT2D eigenvalue weighted by Gasteiger charge is 2.15. The molecule has 0 aliphatic carbocycles. The smallest absolute Gasteiger partial charge is 0.262 e. The summed E-state index contributed by atoms with van der Waals surface area (Å²) in [5.74, 6) is 0.669. The molecule has 5 heteroatoms. The Balaban J connectivity index is 1.47. The topological polar surface area (TPSA) is 53.6 Å². The molecule has 1 aromatic carbocycles. The van der Waals surface area contributed by atoms with Gasteiger partial charge in [-0.2, -0.15) is 0 Å². The summed E-state index contributed by atoms with van der Waals surface area (Å²) in [6, 6.07) is 5.95. The van der Waals surface area contributed by atoms with Crippen LogP contribution in [0.5, 0.6) is 5.75 Å². The molecule has 0 aromatic heterocycles. The number of benzene rings is 1. The van der Waals surface area contributed by atoms with E-state index in [0.717, 1.165) is 36.6 Å². The van der Waals surface area contributed by atoms with Crippen LogP contribution in [0.15, 0.2) is 18.2 Å². The summed E-state index contributed by atoms with van der Waals surface area (Å²) in [5, 5.41) is 6.29. The number of hydrogen-bond donors (Lipinski definition) is 2. The summed E-state index contributed by atoms with van der Waals surface area (Å²) in [7, 11) is 0. The molecule has 1 aromatic rings. The van der Waals surface area contributed by atoms with Crippen LogP contribution in [0.25, 0.3) is 0 Å². The average molecular weight is 275 g/mol. The van der Waals surface area contributed by atoms with Crippen molar-refractivity contribution in [3.05, 3.63) is 23.8 Å². The Morgan fingerprint density at radius 3 is 3.00 bits per heavy atom. The molecular formula is C15H21N3O2. The van der Waals surface area contributed by atoms with Gasteiger partial charge >= 0.3 is 0 Å². The van der Waals surface area contributed by atoms with Gasteiger partial charge in [-0.15, -0.1) is 0 Å². The highest BCUT2D eigenvalue weighted by Crippen LogP contribution is 2.28. The molecule has 2 aliphatic rings. The molecule has 0 atom stereocenters. The second-order valence-electron chi connectivity index (χ2n) is 5.39. The number of hydrogen-bond acceptors (Lipinski definition) is 4. The highest BCUT2D eigenvalue weighted by molar-refractivity contribution is 5.95. The number of carbonyl (C=O) groups is 1. The minimum atomic E-state index is -0.0864. The Morgan fingerprint density at radius 2 is 2.15 bits per heavy atom. The third-order valence-electron chi connectivity index (χ3n) is 3.81. The second kappa shape index (κ2) is 6.24. The van der Waals surface area contributed by atoms with Crippen molar-refractivity contribution in [2.24, 2.45) is 0 Å². The fourth-order valence-corrected chi connectivity index (χ4v) is 2.72. The summed E-state index contributed by atoms with van der Waals surface area (Å²) in [4.78, 5) is 13.8. The first-order valence-corrected chi connectivity index (χ1v) is 7.30. The predicted octanol–water partition coefficient (Wildman–Crippen LogP) is 1.20. The average Bonchev–Trinajstić information content (AvgIpc) is 2.96. The molecule has 1 amide bonds. The fourth-order valence-electron chi connectivity index (χ4n) is 2.72. The number of nitrogens with one attached hydrogen (secondary N) is 2. The first-order chi connectivity index (χ1) is 9.81. The lowest BCUT2D eigenvalue weighted by molar-refractivity contribution is -0.118. The van der Waals surface area contributed by atoms with Gasteiger partial charge < -0.3 is 20.3 Å². The van der Waals surface area contributed by atoms with Crippen molar-refractivity contribution in [2.45, 2.75) is 19.4 Å². The normalized spacial score (nSPS) is 18.5. The standard InChI is InChI=1S/C15H21N3O2/c19-15-11-20-14-4-3-12(9-13(14)17-15)10-16-5-8-18-6-1-2-7-18/h3-4,9,16H,1-2,5-8,10-11H2,(H,17,19). The molecule has 0 radical (unpaired) electrons. The van der Waals surface area contributed by atoms with E-state index in [0.29, 0.717) is 0 Å². The first-order valence-electron chi connectivity index (χ1n) is 7.30.